The summed E-state index contributed by atoms with van der Waals surface area (Å²) in [6.07, 6.45) is 8.94. The molecule has 0 heterocycles. The van der Waals surface area contributed by atoms with Crippen LogP contribution in [0.4, 0.5) is 0 Å². The van der Waals surface area contributed by atoms with Crippen LogP contribution in [-0.4, -0.2) is 18.5 Å². The molecule has 1 atom stereocenters. The number of nitrogens with two attached hydrogens (primary N) is 1. The van der Waals surface area contributed by atoms with E-state index in [1.807, 2.05) is 0 Å². The van der Waals surface area contributed by atoms with Gasteiger partial charge >= 0.3 is 0 Å². The second-order valence-corrected chi connectivity index (χ2v) is 6.54. The van der Waals surface area contributed by atoms with Crippen LogP contribution in [0, 0.1) is 11.3 Å². The zero-order chi connectivity index (χ0) is 14.3. The van der Waals surface area contributed by atoms with E-state index >= 15 is 0 Å². The van der Waals surface area contributed by atoms with Gasteiger partial charge in [-0.25, -0.2) is 0 Å². The minimum atomic E-state index is -0.286. The van der Waals surface area contributed by atoms with Crippen molar-refractivity contribution in [3.8, 4) is 0 Å². The van der Waals surface area contributed by atoms with E-state index in [4.69, 9.17) is 5.73 Å². The summed E-state index contributed by atoms with van der Waals surface area (Å²) in [6, 6.07) is 0.279. The fourth-order valence-electron chi connectivity index (χ4n) is 2.99. The van der Waals surface area contributed by atoms with Crippen molar-refractivity contribution < 1.29 is 4.79 Å². The van der Waals surface area contributed by atoms with Crippen molar-refractivity contribution in [1.82, 2.24) is 5.32 Å². The smallest absolute Gasteiger partial charge is 0.227 e. The van der Waals surface area contributed by atoms with Crippen LogP contribution < -0.4 is 11.1 Å². The molecule has 1 aliphatic rings. The van der Waals surface area contributed by atoms with Crippen LogP contribution in [0.5, 0.6) is 0 Å². The molecule has 0 aliphatic heterocycles. The van der Waals surface area contributed by atoms with Crippen LogP contribution >= 0.6 is 0 Å². The number of nitrogens with one attached hydrogen (secondary N) is 1. The molecule has 1 saturated carbocycles. The Kier molecular flexibility index (Phi) is 6.84. The maximum atomic E-state index is 12.5. The molecule has 3 N–H and O–H groups in total. The summed E-state index contributed by atoms with van der Waals surface area (Å²) in [6.45, 7) is 7.08. The van der Waals surface area contributed by atoms with Gasteiger partial charge in [0.05, 0.1) is 5.41 Å². The minimum Gasteiger partial charge on any atom is -0.353 e. The highest BCUT2D eigenvalue weighted by Gasteiger charge is 2.40. The molecule has 19 heavy (non-hydrogen) atoms. The van der Waals surface area contributed by atoms with E-state index in [1.165, 1.54) is 19.3 Å². The van der Waals surface area contributed by atoms with Crippen molar-refractivity contribution >= 4 is 5.91 Å². The van der Waals surface area contributed by atoms with Gasteiger partial charge in [0, 0.05) is 12.6 Å². The summed E-state index contributed by atoms with van der Waals surface area (Å²) in [7, 11) is 0. The lowest BCUT2D eigenvalue weighted by molar-refractivity contribution is -0.133. The summed E-state index contributed by atoms with van der Waals surface area (Å²) >= 11 is 0. The van der Waals surface area contributed by atoms with Crippen LogP contribution in [0.15, 0.2) is 0 Å². The van der Waals surface area contributed by atoms with Gasteiger partial charge in [-0.05, 0) is 44.9 Å². The molecule has 0 aromatic rings. The first-order valence-corrected chi connectivity index (χ1v) is 8.05. The average Bonchev–Trinajstić information content (AvgIpc) is 2.40. The van der Waals surface area contributed by atoms with E-state index < -0.39 is 0 Å². The van der Waals surface area contributed by atoms with Gasteiger partial charge in [-0.2, -0.15) is 0 Å². The fraction of sp³-hybridized carbons (Fsp3) is 0.938. The van der Waals surface area contributed by atoms with Crippen LogP contribution in [0.2, 0.25) is 0 Å². The second kappa shape index (κ2) is 7.88. The molecule has 1 aliphatic carbocycles. The molecule has 1 rings (SSSR count). The van der Waals surface area contributed by atoms with E-state index in [-0.39, 0.29) is 17.4 Å². The van der Waals surface area contributed by atoms with Crippen LogP contribution in [0.3, 0.4) is 0 Å². The quantitative estimate of drug-likeness (QED) is 0.697. The van der Waals surface area contributed by atoms with Crippen molar-refractivity contribution in [3.05, 3.63) is 0 Å². The first-order chi connectivity index (χ1) is 9.04. The van der Waals surface area contributed by atoms with E-state index in [0.717, 1.165) is 38.0 Å². The van der Waals surface area contributed by atoms with Gasteiger partial charge in [-0.3, -0.25) is 4.79 Å². The Morgan fingerprint density at radius 3 is 2.53 bits per heavy atom. The van der Waals surface area contributed by atoms with Crippen LogP contribution in [-0.2, 0) is 4.79 Å². The highest BCUT2D eigenvalue weighted by Crippen LogP contribution is 2.38. The van der Waals surface area contributed by atoms with Gasteiger partial charge in [0.1, 0.15) is 0 Å². The number of hydrogen-bond donors (Lipinski definition) is 2. The van der Waals surface area contributed by atoms with Gasteiger partial charge in [0.15, 0.2) is 0 Å². The summed E-state index contributed by atoms with van der Waals surface area (Å²) in [5.74, 6) is 0.945. The lowest BCUT2D eigenvalue weighted by atomic mass is 9.70. The van der Waals surface area contributed by atoms with E-state index in [2.05, 4.69) is 26.1 Å². The zero-order valence-electron chi connectivity index (χ0n) is 13.0. The molecule has 1 fully saturated rings. The third-order valence-electron chi connectivity index (χ3n) is 4.72. The lowest BCUT2D eigenvalue weighted by Gasteiger charge is -2.37. The lowest BCUT2D eigenvalue weighted by Crippen LogP contribution is -2.50. The summed E-state index contributed by atoms with van der Waals surface area (Å²) in [4.78, 5) is 12.5. The molecule has 1 amide bonds. The standard InChI is InChI=1S/C16H32N2O/c1-4-5-6-7-14(3)18-15(19)16(12-17)10-8-13(2)9-11-16/h13-14H,4-12,17H2,1-3H3,(H,18,19). The highest BCUT2D eigenvalue weighted by atomic mass is 16.2. The maximum absolute atomic E-state index is 12.5. The monoisotopic (exact) mass is 268 g/mol. The number of carbonyl (C=O) groups is 1. The Morgan fingerprint density at radius 2 is 2.00 bits per heavy atom. The van der Waals surface area contributed by atoms with Crippen molar-refractivity contribution in [2.24, 2.45) is 17.1 Å². The molecule has 0 aromatic heterocycles. The third kappa shape index (κ3) is 4.79. The van der Waals surface area contributed by atoms with Gasteiger partial charge in [-0.1, -0.05) is 33.1 Å². The number of unbranched alkanes of at least 4 members (excludes halogenated alkanes) is 2. The van der Waals surface area contributed by atoms with Gasteiger partial charge in [0.25, 0.3) is 0 Å². The third-order valence-corrected chi connectivity index (χ3v) is 4.72. The van der Waals surface area contributed by atoms with Crippen molar-refractivity contribution in [1.29, 1.82) is 0 Å². The van der Waals surface area contributed by atoms with Crippen molar-refractivity contribution in [2.45, 2.75) is 78.2 Å². The normalized spacial score (nSPS) is 28.9. The molecule has 0 radical (unpaired) electrons. The van der Waals surface area contributed by atoms with Gasteiger partial charge in [-0.15, -0.1) is 0 Å². The Bertz CT molecular complexity index is 270. The first-order valence-electron chi connectivity index (χ1n) is 8.05. The Labute approximate surface area is 118 Å². The summed E-state index contributed by atoms with van der Waals surface area (Å²) in [5.41, 5.74) is 5.63. The van der Waals surface area contributed by atoms with Crippen molar-refractivity contribution in [2.75, 3.05) is 6.54 Å². The van der Waals surface area contributed by atoms with Crippen molar-refractivity contribution in [3.63, 3.8) is 0 Å². The molecular formula is C16H32N2O. The van der Waals surface area contributed by atoms with E-state index in [1.54, 1.807) is 0 Å². The Morgan fingerprint density at radius 1 is 1.37 bits per heavy atom. The predicted octanol–water partition coefficient (Wildman–Crippen LogP) is 3.23. The molecule has 1 unspecified atom stereocenters. The highest BCUT2D eigenvalue weighted by molar-refractivity contribution is 5.83. The molecule has 0 aromatic carbocycles. The first kappa shape index (κ1) is 16.5. The number of carbonyl (C=O) groups excluding carboxylic acids is 1. The molecule has 0 bridgehead atoms. The molecule has 3 heteroatoms. The molecule has 0 saturated heterocycles. The zero-order valence-corrected chi connectivity index (χ0v) is 13.0. The number of hydrogen-bond acceptors (Lipinski definition) is 2. The second-order valence-electron chi connectivity index (χ2n) is 6.54. The fourth-order valence-corrected chi connectivity index (χ4v) is 2.99. The van der Waals surface area contributed by atoms with E-state index in [9.17, 15) is 4.79 Å². The molecular weight excluding hydrogens is 236 g/mol. The van der Waals surface area contributed by atoms with E-state index in [0.29, 0.717) is 6.54 Å². The Balaban J connectivity index is 2.45. The molecule has 3 nitrogen and oxygen atoms in total. The largest absolute Gasteiger partial charge is 0.353 e. The SMILES string of the molecule is CCCCCC(C)NC(=O)C1(CN)CCC(C)CC1. The summed E-state index contributed by atoms with van der Waals surface area (Å²) in [5, 5.41) is 3.20. The molecule has 0 spiro atoms. The maximum Gasteiger partial charge on any atom is 0.227 e. The number of amides is 1. The van der Waals surface area contributed by atoms with Gasteiger partial charge in [0.2, 0.25) is 5.91 Å². The van der Waals surface area contributed by atoms with Gasteiger partial charge < -0.3 is 11.1 Å². The Hall–Kier alpha value is -0.570. The molecule has 112 valence electrons. The summed E-state index contributed by atoms with van der Waals surface area (Å²) < 4.78 is 0. The number of rotatable bonds is 7. The van der Waals surface area contributed by atoms with Crippen LogP contribution in [0.25, 0.3) is 0 Å². The minimum absolute atomic E-state index is 0.200. The average molecular weight is 268 g/mol. The predicted molar refractivity (Wildman–Crippen MR) is 80.9 cm³/mol. The van der Waals surface area contributed by atoms with Crippen LogP contribution in [0.1, 0.15) is 72.1 Å². The topological polar surface area (TPSA) is 55.1 Å².